The summed E-state index contributed by atoms with van der Waals surface area (Å²) in [6.07, 6.45) is 1.19. The average Bonchev–Trinajstić information content (AvgIpc) is 3.09. The second-order valence-electron chi connectivity index (χ2n) is 12.9. The lowest BCUT2D eigenvalue weighted by Crippen LogP contribution is -2.55. The van der Waals surface area contributed by atoms with Crippen molar-refractivity contribution in [2.24, 2.45) is 52.3 Å². The van der Waals surface area contributed by atoms with Gasteiger partial charge in [-0.05, 0) is 90.4 Å². The number of cyclic esters (lactones) is 1. The molecule has 4 rings (SSSR count). The van der Waals surface area contributed by atoms with E-state index in [1.807, 2.05) is 13.8 Å². The Morgan fingerprint density at radius 1 is 1.03 bits per heavy atom. The first-order valence-corrected chi connectivity index (χ1v) is 13.4. The van der Waals surface area contributed by atoms with E-state index in [1.165, 1.54) is 0 Å². The first kappa shape index (κ1) is 26.1. The zero-order valence-corrected chi connectivity index (χ0v) is 21.6. The SMILES string of the molecule is C=C(C(C)C)[C@@H](O)[C@H](O)[C@@H](C)[C@H]1CC[C@H]2[C@@H]3COC(=O)[C@H]4C[C@H](O)[C@H](O)C[C@]4(C)[C@H]3CC[C@]12C. The van der Waals surface area contributed by atoms with Crippen LogP contribution < -0.4 is 0 Å². The molecule has 0 aromatic rings. The van der Waals surface area contributed by atoms with Gasteiger partial charge in [0, 0.05) is 0 Å². The Labute approximate surface area is 204 Å². The largest absolute Gasteiger partial charge is 0.465 e. The van der Waals surface area contributed by atoms with E-state index in [4.69, 9.17) is 4.74 Å². The number of hydrogen-bond acceptors (Lipinski definition) is 6. The highest BCUT2D eigenvalue weighted by Gasteiger charge is 2.63. The lowest BCUT2D eigenvalue weighted by atomic mass is 9.48. The molecular formula is C28H46O6. The summed E-state index contributed by atoms with van der Waals surface area (Å²) in [5.41, 5.74) is 0.290. The Hall–Kier alpha value is -0.950. The van der Waals surface area contributed by atoms with Crippen LogP contribution >= 0.6 is 0 Å². The maximum atomic E-state index is 13.0. The minimum Gasteiger partial charge on any atom is -0.465 e. The van der Waals surface area contributed by atoms with Gasteiger partial charge < -0.3 is 25.2 Å². The third kappa shape index (κ3) is 3.97. The fourth-order valence-electron chi connectivity index (χ4n) is 8.78. The highest BCUT2D eigenvalue weighted by molar-refractivity contribution is 5.74. The Morgan fingerprint density at radius 2 is 1.68 bits per heavy atom. The molecule has 0 aromatic carbocycles. The second kappa shape index (κ2) is 9.17. The zero-order valence-electron chi connectivity index (χ0n) is 21.6. The van der Waals surface area contributed by atoms with E-state index in [0.29, 0.717) is 24.5 Å². The second-order valence-corrected chi connectivity index (χ2v) is 12.9. The fourth-order valence-corrected chi connectivity index (χ4v) is 8.78. The molecule has 0 spiro atoms. The maximum absolute atomic E-state index is 13.0. The summed E-state index contributed by atoms with van der Waals surface area (Å²) < 4.78 is 5.85. The van der Waals surface area contributed by atoms with Crippen LogP contribution in [0.3, 0.4) is 0 Å². The van der Waals surface area contributed by atoms with E-state index in [0.717, 1.165) is 25.7 Å². The van der Waals surface area contributed by atoms with Gasteiger partial charge in [0.05, 0.1) is 30.8 Å². The number of aliphatic hydroxyl groups is 4. The predicted octanol–water partition coefficient (Wildman–Crippen LogP) is 3.31. The van der Waals surface area contributed by atoms with Crippen LogP contribution in [-0.2, 0) is 9.53 Å². The highest BCUT2D eigenvalue weighted by atomic mass is 16.5. The Balaban J connectivity index is 1.58. The van der Waals surface area contributed by atoms with Crippen molar-refractivity contribution in [3.63, 3.8) is 0 Å². The summed E-state index contributed by atoms with van der Waals surface area (Å²) >= 11 is 0. The van der Waals surface area contributed by atoms with E-state index < -0.39 is 24.4 Å². The van der Waals surface area contributed by atoms with Crippen molar-refractivity contribution in [3.8, 4) is 0 Å². The lowest BCUT2D eigenvalue weighted by molar-refractivity contribution is -0.162. The molecule has 0 amide bonds. The van der Waals surface area contributed by atoms with Crippen molar-refractivity contribution < 1.29 is 30.0 Å². The topological polar surface area (TPSA) is 107 Å². The third-order valence-electron chi connectivity index (χ3n) is 11.0. The van der Waals surface area contributed by atoms with Gasteiger partial charge in [0.25, 0.3) is 0 Å². The van der Waals surface area contributed by atoms with E-state index in [9.17, 15) is 25.2 Å². The lowest BCUT2D eigenvalue weighted by Gasteiger charge is -2.56. The third-order valence-corrected chi connectivity index (χ3v) is 11.0. The summed E-state index contributed by atoms with van der Waals surface area (Å²) in [5, 5.41) is 42.7. The van der Waals surface area contributed by atoms with Crippen molar-refractivity contribution in [1.29, 1.82) is 0 Å². The molecule has 6 heteroatoms. The zero-order chi connectivity index (χ0) is 25.2. The molecule has 1 aliphatic heterocycles. The molecule has 4 aliphatic rings. The monoisotopic (exact) mass is 478 g/mol. The van der Waals surface area contributed by atoms with E-state index in [1.54, 1.807) is 0 Å². The quantitative estimate of drug-likeness (QED) is 0.357. The number of esters is 1. The molecule has 0 radical (unpaired) electrons. The number of fused-ring (bicyclic) bond motifs is 5. The Kier molecular flexibility index (Phi) is 7.05. The summed E-state index contributed by atoms with van der Waals surface area (Å²) in [4.78, 5) is 13.0. The molecule has 12 atom stereocenters. The van der Waals surface area contributed by atoms with Crippen molar-refractivity contribution in [2.45, 2.75) is 97.6 Å². The van der Waals surface area contributed by atoms with Gasteiger partial charge in [0.1, 0.15) is 6.10 Å². The number of hydrogen-bond donors (Lipinski definition) is 4. The summed E-state index contributed by atoms with van der Waals surface area (Å²) in [6.45, 7) is 14.9. The minimum absolute atomic E-state index is 0.00412. The molecular weight excluding hydrogens is 432 g/mol. The smallest absolute Gasteiger partial charge is 0.309 e. The van der Waals surface area contributed by atoms with Crippen LogP contribution in [0.1, 0.15) is 73.1 Å². The van der Waals surface area contributed by atoms with E-state index in [2.05, 4.69) is 27.4 Å². The molecule has 3 aliphatic carbocycles. The van der Waals surface area contributed by atoms with Gasteiger partial charge >= 0.3 is 5.97 Å². The van der Waals surface area contributed by atoms with E-state index in [-0.39, 0.29) is 58.7 Å². The molecule has 1 saturated heterocycles. The number of rotatable bonds is 5. The number of aliphatic hydroxyl groups excluding tert-OH is 4. The first-order valence-electron chi connectivity index (χ1n) is 13.4. The van der Waals surface area contributed by atoms with Crippen LogP contribution in [-0.4, -0.2) is 57.4 Å². The minimum atomic E-state index is -0.928. The maximum Gasteiger partial charge on any atom is 0.309 e. The summed E-state index contributed by atoms with van der Waals surface area (Å²) in [6, 6.07) is 0. The van der Waals surface area contributed by atoms with Crippen LogP contribution in [0, 0.1) is 52.3 Å². The van der Waals surface area contributed by atoms with Crippen LogP contribution in [0.2, 0.25) is 0 Å². The molecule has 1 heterocycles. The standard InChI is InChI=1S/C28H46O6/c1-14(2)15(3)24(31)25(32)16(4)18-7-8-19-17-13-34-26(33)21-11-22(29)23(30)12-28(21,6)20(17)9-10-27(18,19)5/h14,16-25,29-32H,3,7-13H2,1-2,4-6H3/t16-,17-,18+,19-,20-,21+,22-,23+,24+,25+,27+,28+/m0/s1. The fraction of sp³-hybridized carbons (Fsp3) is 0.893. The van der Waals surface area contributed by atoms with Crippen LogP contribution in [0.4, 0.5) is 0 Å². The van der Waals surface area contributed by atoms with Gasteiger partial charge in [-0.1, -0.05) is 41.2 Å². The number of carbonyl (C=O) groups excluding carboxylic acids is 1. The molecule has 3 saturated carbocycles. The molecule has 0 bridgehead atoms. The van der Waals surface area contributed by atoms with Gasteiger partial charge in [-0.25, -0.2) is 0 Å². The van der Waals surface area contributed by atoms with Gasteiger partial charge in [-0.3, -0.25) is 4.79 Å². The average molecular weight is 479 g/mol. The van der Waals surface area contributed by atoms with E-state index >= 15 is 0 Å². The molecule has 0 unspecified atom stereocenters. The Bertz CT molecular complexity index is 796. The number of ether oxygens (including phenoxy) is 1. The van der Waals surface area contributed by atoms with Crippen LogP contribution in [0.25, 0.3) is 0 Å². The van der Waals surface area contributed by atoms with Gasteiger partial charge in [0.2, 0.25) is 0 Å². The van der Waals surface area contributed by atoms with Crippen molar-refractivity contribution >= 4 is 5.97 Å². The molecule has 194 valence electrons. The normalized spacial score (nSPS) is 47.0. The summed E-state index contributed by atoms with van der Waals surface area (Å²) in [5.74, 6) is 0.546. The number of carbonyl (C=O) groups is 1. The van der Waals surface area contributed by atoms with Gasteiger partial charge in [-0.15, -0.1) is 0 Å². The van der Waals surface area contributed by atoms with Crippen molar-refractivity contribution in [2.75, 3.05) is 6.61 Å². The van der Waals surface area contributed by atoms with Crippen LogP contribution in [0.15, 0.2) is 12.2 Å². The molecule has 4 N–H and O–H groups in total. The molecule has 4 fully saturated rings. The highest BCUT2D eigenvalue weighted by Crippen LogP contribution is 2.66. The van der Waals surface area contributed by atoms with Crippen LogP contribution in [0.5, 0.6) is 0 Å². The molecule has 6 nitrogen and oxygen atoms in total. The first-order chi connectivity index (χ1) is 15.8. The van der Waals surface area contributed by atoms with Gasteiger partial charge in [-0.2, -0.15) is 0 Å². The molecule has 0 aromatic heterocycles. The Morgan fingerprint density at radius 3 is 2.32 bits per heavy atom. The van der Waals surface area contributed by atoms with Gasteiger partial charge in [0.15, 0.2) is 0 Å². The van der Waals surface area contributed by atoms with Crippen molar-refractivity contribution in [1.82, 2.24) is 0 Å². The molecule has 34 heavy (non-hydrogen) atoms. The predicted molar refractivity (Wildman–Crippen MR) is 129 cm³/mol. The van der Waals surface area contributed by atoms with Crippen molar-refractivity contribution in [3.05, 3.63) is 12.2 Å². The summed E-state index contributed by atoms with van der Waals surface area (Å²) in [7, 11) is 0.